The predicted octanol–water partition coefficient (Wildman–Crippen LogP) is 2.44. The predicted molar refractivity (Wildman–Crippen MR) is 62.9 cm³/mol. The summed E-state index contributed by atoms with van der Waals surface area (Å²) in [5, 5.41) is 13.0. The summed E-state index contributed by atoms with van der Waals surface area (Å²) >= 11 is 0. The van der Waals surface area contributed by atoms with Crippen molar-refractivity contribution in [2.45, 2.75) is 18.2 Å². The molecule has 1 aliphatic heterocycles. The van der Waals surface area contributed by atoms with E-state index in [0.29, 0.717) is 18.5 Å². The molecule has 1 aromatic rings. The maximum Gasteiger partial charge on any atom is 0.416 e. The van der Waals surface area contributed by atoms with Crippen LogP contribution in [0.5, 0.6) is 0 Å². The highest BCUT2D eigenvalue weighted by atomic mass is 19.4. The highest BCUT2D eigenvalue weighted by Crippen LogP contribution is 2.29. The molecule has 0 amide bonds. The fraction of sp³-hybridized carbons (Fsp3) is 0.385. The van der Waals surface area contributed by atoms with Crippen LogP contribution in [0.2, 0.25) is 0 Å². The largest absolute Gasteiger partial charge is 0.416 e. The van der Waals surface area contributed by atoms with Gasteiger partial charge in [0.05, 0.1) is 11.2 Å². The Morgan fingerprint density at radius 2 is 1.89 bits per heavy atom. The average molecular weight is 257 g/mol. The molecule has 1 heterocycles. The fourth-order valence-corrected chi connectivity index (χ4v) is 1.87. The van der Waals surface area contributed by atoms with Crippen LogP contribution in [0.3, 0.4) is 0 Å². The summed E-state index contributed by atoms with van der Waals surface area (Å²) in [6.07, 6.45) is -0.414. The minimum atomic E-state index is -4.31. The van der Waals surface area contributed by atoms with Crippen LogP contribution >= 0.6 is 0 Å². The molecule has 0 spiro atoms. The lowest BCUT2D eigenvalue weighted by molar-refractivity contribution is -0.137. The molecule has 0 bridgehead atoms. The molecule has 0 saturated carbocycles. The van der Waals surface area contributed by atoms with Crippen molar-refractivity contribution in [1.82, 2.24) is 5.32 Å². The zero-order chi connectivity index (χ0) is 13.2. The van der Waals surface area contributed by atoms with Gasteiger partial charge >= 0.3 is 6.18 Å². The van der Waals surface area contributed by atoms with E-state index in [1.807, 2.05) is 0 Å². The van der Waals surface area contributed by atoms with E-state index in [4.69, 9.17) is 0 Å². The highest BCUT2D eigenvalue weighted by Gasteiger charge is 2.30. The lowest BCUT2D eigenvalue weighted by Gasteiger charge is -2.15. The van der Waals surface area contributed by atoms with Crippen LogP contribution in [0.4, 0.5) is 13.2 Å². The number of aliphatic hydroxyl groups is 1. The number of hydrogen-bond donors (Lipinski definition) is 2. The first-order valence-corrected chi connectivity index (χ1v) is 5.69. The van der Waals surface area contributed by atoms with Gasteiger partial charge in [-0.2, -0.15) is 13.2 Å². The SMILES string of the molecule is OC1(C=Cc2ccc(C(F)(F)F)cc2)CCNC1. The van der Waals surface area contributed by atoms with Crippen molar-refractivity contribution in [2.75, 3.05) is 13.1 Å². The summed E-state index contributed by atoms with van der Waals surface area (Å²) in [7, 11) is 0. The first kappa shape index (κ1) is 13.1. The normalized spacial score (nSPS) is 24.9. The van der Waals surface area contributed by atoms with Gasteiger partial charge in [-0.3, -0.25) is 0 Å². The zero-order valence-electron chi connectivity index (χ0n) is 9.67. The quantitative estimate of drug-likeness (QED) is 0.853. The molecule has 2 rings (SSSR count). The molecule has 0 aromatic heterocycles. The van der Waals surface area contributed by atoms with Crippen molar-refractivity contribution < 1.29 is 18.3 Å². The lowest BCUT2D eigenvalue weighted by Crippen LogP contribution is -2.28. The molecule has 0 aliphatic carbocycles. The number of benzene rings is 1. The Kier molecular flexibility index (Phi) is 3.45. The van der Waals surface area contributed by atoms with Crippen LogP contribution in [0.1, 0.15) is 17.5 Å². The van der Waals surface area contributed by atoms with Gasteiger partial charge in [-0.05, 0) is 30.7 Å². The summed E-state index contributed by atoms with van der Waals surface area (Å²) in [4.78, 5) is 0. The van der Waals surface area contributed by atoms with E-state index in [2.05, 4.69) is 5.32 Å². The van der Waals surface area contributed by atoms with Gasteiger partial charge in [-0.1, -0.05) is 24.3 Å². The molecule has 18 heavy (non-hydrogen) atoms. The minimum Gasteiger partial charge on any atom is -0.384 e. The Morgan fingerprint density at radius 1 is 1.22 bits per heavy atom. The van der Waals surface area contributed by atoms with E-state index in [1.165, 1.54) is 12.1 Å². The number of halogens is 3. The summed E-state index contributed by atoms with van der Waals surface area (Å²) in [5.74, 6) is 0. The second kappa shape index (κ2) is 4.74. The maximum absolute atomic E-state index is 12.3. The van der Waals surface area contributed by atoms with Crippen LogP contribution in [-0.4, -0.2) is 23.8 Å². The zero-order valence-corrected chi connectivity index (χ0v) is 9.67. The Hall–Kier alpha value is -1.33. The third-order valence-corrected chi connectivity index (χ3v) is 2.99. The van der Waals surface area contributed by atoms with Gasteiger partial charge in [-0.15, -0.1) is 0 Å². The fourth-order valence-electron chi connectivity index (χ4n) is 1.87. The molecule has 5 heteroatoms. The van der Waals surface area contributed by atoms with Crippen molar-refractivity contribution in [2.24, 2.45) is 0 Å². The van der Waals surface area contributed by atoms with Crippen molar-refractivity contribution in [3.05, 3.63) is 41.5 Å². The van der Waals surface area contributed by atoms with Gasteiger partial charge in [0, 0.05) is 6.54 Å². The third-order valence-electron chi connectivity index (χ3n) is 2.99. The van der Waals surface area contributed by atoms with E-state index in [-0.39, 0.29) is 0 Å². The number of β-amino-alcohol motifs (C(OH)–C–C–N with tert-alkyl or cyclic N) is 1. The second-order valence-corrected chi connectivity index (χ2v) is 4.48. The van der Waals surface area contributed by atoms with E-state index in [9.17, 15) is 18.3 Å². The monoisotopic (exact) mass is 257 g/mol. The molecular weight excluding hydrogens is 243 g/mol. The topological polar surface area (TPSA) is 32.3 Å². The lowest BCUT2D eigenvalue weighted by atomic mass is 10.0. The van der Waals surface area contributed by atoms with Gasteiger partial charge in [0.15, 0.2) is 0 Å². The van der Waals surface area contributed by atoms with Crippen molar-refractivity contribution in [3.63, 3.8) is 0 Å². The summed E-state index contributed by atoms with van der Waals surface area (Å²) in [6.45, 7) is 1.22. The van der Waals surface area contributed by atoms with Crippen LogP contribution in [0, 0.1) is 0 Å². The molecule has 2 nitrogen and oxygen atoms in total. The molecule has 2 N–H and O–H groups in total. The van der Waals surface area contributed by atoms with E-state index < -0.39 is 17.3 Å². The van der Waals surface area contributed by atoms with Gasteiger partial charge in [-0.25, -0.2) is 0 Å². The molecule has 1 fully saturated rings. The third kappa shape index (κ3) is 3.11. The maximum atomic E-state index is 12.3. The van der Waals surface area contributed by atoms with Gasteiger partial charge in [0.2, 0.25) is 0 Å². The Labute approximate surface area is 103 Å². The van der Waals surface area contributed by atoms with Gasteiger partial charge in [0.25, 0.3) is 0 Å². The molecule has 1 saturated heterocycles. The first-order valence-electron chi connectivity index (χ1n) is 5.69. The van der Waals surface area contributed by atoms with Crippen LogP contribution in [0.15, 0.2) is 30.3 Å². The number of nitrogens with one attached hydrogen (secondary N) is 1. The van der Waals surface area contributed by atoms with Crippen molar-refractivity contribution in [1.29, 1.82) is 0 Å². The Morgan fingerprint density at radius 3 is 2.39 bits per heavy atom. The Bertz CT molecular complexity index is 431. The molecule has 1 unspecified atom stereocenters. The number of hydrogen-bond acceptors (Lipinski definition) is 2. The van der Waals surface area contributed by atoms with E-state index in [0.717, 1.165) is 18.7 Å². The van der Waals surface area contributed by atoms with E-state index in [1.54, 1.807) is 12.2 Å². The van der Waals surface area contributed by atoms with Crippen molar-refractivity contribution in [3.8, 4) is 0 Å². The molecule has 98 valence electrons. The number of alkyl halides is 3. The molecule has 1 atom stereocenters. The Balaban J connectivity index is 2.09. The van der Waals surface area contributed by atoms with Crippen molar-refractivity contribution >= 4 is 6.08 Å². The minimum absolute atomic E-state index is 0.476. The summed E-state index contributed by atoms with van der Waals surface area (Å²) in [6, 6.07) is 4.86. The standard InChI is InChI=1S/C13H14F3NO/c14-13(15,16)11-3-1-10(2-4-11)5-6-12(18)7-8-17-9-12/h1-6,17-18H,7-9H2. The van der Waals surface area contributed by atoms with E-state index >= 15 is 0 Å². The van der Waals surface area contributed by atoms with Gasteiger partial charge < -0.3 is 10.4 Å². The molecular formula is C13H14F3NO. The van der Waals surface area contributed by atoms with Crippen LogP contribution in [-0.2, 0) is 6.18 Å². The highest BCUT2D eigenvalue weighted by molar-refractivity contribution is 5.51. The first-order chi connectivity index (χ1) is 8.39. The second-order valence-electron chi connectivity index (χ2n) is 4.48. The van der Waals surface area contributed by atoms with Crippen LogP contribution < -0.4 is 5.32 Å². The average Bonchev–Trinajstić information content (AvgIpc) is 2.74. The smallest absolute Gasteiger partial charge is 0.384 e. The summed E-state index contributed by atoms with van der Waals surface area (Å²) < 4.78 is 37.0. The summed E-state index contributed by atoms with van der Waals surface area (Å²) in [5.41, 5.74) is -0.910. The molecule has 0 radical (unpaired) electrons. The molecule has 1 aliphatic rings. The number of rotatable bonds is 2. The van der Waals surface area contributed by atoms with Gasteiger partial charge in [0.1, 0.15) is 0 Å². The van der Waals surface area contributed by atoms with Crippen LogP contribution in [0.25, 0.3) is 6.08 Å². The molecule has 1 aromatic carbocycles.